The van der Waals surface area contributed by atoms with Crippen molar-refractivity contribution in [2.24, 2.45) is 5.92 Å². The number of nitrogen functional groups attached to an aromatic ring is 1. The smallest absolute Gasteiger partial charge is 0.0501 e. The molecule has 1 aromatic rings. The molecule has 2 N–H and O–H groups in total. The summed E-state index contributed by atoms with van der Waals surface area (Å²) in [4.78, 5) is 6.82. The van der Waals surface area contributed by atoms with Gasteiger partial charge in [-0.3, -0.25) is 4.98 Å². The van der Waals surface area contributed by atoms with Crippen molar-refractivity contribution in [2.75, 3.05) is 25.4 Å². The first-order valence-corrected chi connectivity index (χ1v) is 6.58. The Bertz CT molecular complexity index is 308. The zero-order chi connectivity index (χ0) is 12.7. The van der Waals surface area contributed by atoms with Gasteiger partial charge in [0, 0.05) is 25.2 Å². The van der Waals surface area contributed by atoms with Gasteiger partial charge in [-0.2, -0.15) is 0 Å². The monoisotopic (exact) mass is 235 g/mol. The summed E-state index contributed by atoms with van der Waals surface area (Å²) in [6.45, 7) is 10.2. The SMILES string of the molecule is CCC(C)CN(CC)CCc1ccc(N)cn1. The van der Waals surface area contributed by atoms with Crippen LogP contribution in [0.3, 0.4) is 0 Å². The number of nitrogens with two attached hydrogens (primary N) is 1. The lowest BCUT2D eigenvalue weighted by atomic mass is 10.1. The van der Waals surface area contributed by atoms with E-state index < -0.39 is 0 Å². The van der Waals surface area contributed by atoms with E-state index in [1.54, 1.807) is 6.20 Å². The van der Waals surface area contributed by atoms with Gasteiger partial charge in [-0.25, -0.2) is 0 Å². The number of nitrogens with zero attached hydrogens (tertiary/aromatic N) is 2. The number of aromatic nitrogens is 1. The summed E-state index contributed by atoms with van der Waals surface area (Å²) < 4.78 is 0. The highest BCUT2D eigenvalue weighted by molar-refractivity contribution is 5.34. The first-order valence-electron chi connectivity index (χ1n) is 6.58. The van der Waals surface area contributed by atoms with Crippen LogP contribution in [0.2, 0.25) is 0 Å². The molecule has 0 aliphatic carbocycles. The second-order valence-electron chi connectivity index (χ2n) is 4.74. The third kappa shape index (κ3) is 5.18. The predicted molar refractivity (Wildman–Crippen MR) is 73.9 cm³/mol. The van der Waals surface area contributed by atoms with Crippen molar-refractivity contribution in [1.82, 2.24) is 9.88 Å². The standard InChI is InChI=1S/C14H25N3/c1-4-12(3)11-17(5-2)9-8-14-7-6-13(15)10-16-14/h6-7,10,12H,4-5,8-9,11,15H2,1-3H3. The number of hydrogen-bond acceptors (Lipinski definition) is 3. The van der Waals surface area contributed by atoms with Crippen LogP contribution in [0, 0.1) is 5.92 Å². The van der Waals surface area contributed by atoms with Gasteiger partial charge in [0.25, 0.3) is 0 Å². The molecule has 1 heterocycles. The van der Waals surface area contributed by atoms with E-state index in [4.69, 9.17) is 5.73 Å². The molecule has 1 aromatic heterocycles. The van der Waals surface area contributed by atoms with Crippen LogP contribution in [0.5, 0.6) is 0 Å². The average molecular weight is 235 g/mol. The summed E-state index contributed by atoms with van der Waals surface area (Å²) in [5, 5.41) is 0. The Labute approximate surface area is 105 Å². The molecule has 0 aromatic carbocycles. The molecule has 0 amide bonds. The molecule has 0 spiro atoms. The normalized spacial score (nSPS) is 12.9. The first-order chi connectivity index (χ1) is 8.15. The van der Waals surface area contributed by atoms with E-state index in [9.17, 15) is 0 Å². The quantitative estimate of drug-likeness (QED) is 0.790. The van der Waals surface area contributed by atoms with Crippen LogP contribution in [0.25, 0.3) is 0 Å². The number of rotatable bonds is 7. The van der Waals surface area contributed by atoms with Crippen LogP contribution >= 0.6 is 0 Å². The first kappa shape index (κ1) is 14.0. The zero-order valence-electron chi connectivity index (χ0n) is 11.3. The second kappa shape index (κ2) is 7.28. The lowest BCUT2D eigenvalue weighted by Gasteiger charge is -2.23. The Hall–Kier alpha value is -1.09. The maximum absolute atomic E-state index is 5.62. The average Bonchev–Trinajstić information content (AvgIpc) is 2.36. The van der Waals surface area contributed by atoms with E-state index in [2.05, 4.69) is 30.7 Å². The summed E-state index contributed by atoms with van der Waals surface area (Å²) in [7, 11) is 0. The van der Waals surface area contributed by atoms with Crippen LogP contribution in [-0.2, 0) is 6.42 Å². The van der Waals surface area contributed by atoms with Crippen molar-refractivity contribution in [1.29, 1.82) is 0 Å². The number of likely N-dealkylation sites (N-methyl/N-ethyl adjacent to an activating group) is 1. The highest BCUT2D eigenvalue weighted by Crippen LogP contribution is 2.06. The van der Waals surface area contributed by atoms with Crippen LogP contribution in [-0.4, -0.2) is 29.5 Å². The van der Waals surface area contributed by atoms with E-state index in [0.29, 0.717) is 0 Å². The highest BCUT2D eigenvalue weighted by atomic mass is 15.1. The van der Waals surface area contributed by atoms with E-state index in [1.807, 2.05) is 12.1 Å². The minimum Gasteiger partial charge on any atom is -0.397 e. The minimum atomic E-state index is 0.737. The number of pyridine rings is 1. The topological polar surface area (TPSA) is 42.1 Å². The Morgan fingerprint density at radius 2 is 2.12 bits per heavy atom. The van der Waals surface area contributed by atoms with Crippen molar-refractivity contribution in [3.63, 3.8) is 0 Å². The van der Waals surface area contributed by atoms with Gasteiger partial charge >= 0.3 is 0 Å². The van der Waals surface area contributed by atoms with E-state index in [0.717, 1.165) is 36.8 Å². The fourth-order valence-corrected chi connectivity index (χ4v) is 1.80. The molecule has 3 heteroatoms. The van der Waals surface area contributed by atoms with Gasteiger partial charge in [-0.05, 0) is 24.6 Å². The summed E-state index contributed by atoms with van der Waals surface area (Å²) in [5.74, 6) is 0.773. The van der Waals surface area contributed by atoms with Gasteiger partial charge < -0.3 is 10.6 Å². The molecule has 1 rings (SSSR count). The van der Waals surface area contributed by atoms with Crippen molar-refractivity contribution in [2.45, 2.75) is 33.6 Å². The lowest BCUT2D eigenvalue weighted by Crippen LogP contribution is -2.30. The second-order valence-corrected chi connectivity index (χ2v) is 4.74. The van der Waals surface area contributed by atoms with Crippen molar-refractivity contribution in [3.05, 3.63) is 24.0 Å². The Morgan fingerprint density at radius 3 is 2.65 bits per heavy atom. The van der Waals surface area contributed by atoms with E-state index in [-0.39, 0.29) is 0 Å². The predicted octanol–water partition coefficient (Wildman–Crippen LogP) is 2.57. The molecule has 0 aliphatic rings. The molecule has 1 unspecified atom stereocenters. The molecule has 0 saturated carbocycles. The third-order valence-electron chi connectivity index (χ3n) is 3.25. The van der Waals surface area contributed by atoms with Crippen LogP contribution in [0.4, 0.5) is 5.69 Å². The van der Waals surface area contributed by atoms with Gasteiger partial charge in [0.1, 0.15) is 0 Å². The molecule has 3 nitrogen and oxygen atoms in total. The van der Waals surface area contributed by atoms with Gasteiger partial charge in [-0.15, -0.1) is 0 Å². The van der Waals surface area contributed by atoms with E-state index >= 15 is 0 Å². The lowest BCUT2D eigenvalue weighted by molar-refractivity contribution is 0.248. The summed E-state index contributed by atoms with van der Waals surface area (Å²) in [6, 6.07) is 3.94. The Balaban J connectivity index is 2.39. The molecular weight excluding hydrogens is 210 g/mol. The van der Waals surface area contributed by atoms with Gasteiger partial charge in [0.15, 0.2) is 0 Å². The van der Waals surface area contributed by atoms with Gasteiger partial charge in [0.05, 0.1) is 11.9 Å². The van der Waals surface area contributed by atoms with Gasteiger partial charge in [0.2, 0.25) is 0 Å². The molecule has 0 aliphatic heterocycles. The molecule has 1 atom stereocenters. The molecule has 17 heavy (non-hydrogen) atoms. The Kier molecular flexibility index (Phi) is 5.98. The fourth-order valence-electron chi connectivity index (χ4n) is 1.80. The highest BCUT2D eigenvalue weighted by Gasteiger charge is 2.07. The molecule has 96 valence electrons. The van der Waals surface area contributed by atoms with Crippen molar-refractivity contribution in [3.8, 4) is 0 Å². The third-order valence-corrected chi connectivity index (χ3v) is 3.25. The Morgan fingerprint density at radius 1 is 1.35 bits per heavy atom. The molecule has 0 radical (unpaired) electrons. The van der Waals surface area contributed by atoms with Crippen molar-refractivity contribution < 1.29 is 0 Å². The fraction of sp³-hybridized carbons (Fsp3) is 0.643. The summed E-state index contributed by atoms with van der Waals surface area (Å²) in [6.07, 6.45) is 3.99. The van der Waals surface area contributed by atoms with Crippen LogP contribution < -0.4 is 5.73 Å². The van der Waals surface area contributed by atoms with Crippen LogP contribution in [0.15, 0.2) is 18.3 Å². The number of anilines is 1. The maximum Gasteiger partial charge on any atom is 0.0501 e. The van der Waals surface area contributed by atoms with Crippen LogP contribution in [0.1, 0.15) is 32.9 Å². The zero-order valence-corrected chi connectivity index (χ0v) is 11.3. The molecule has 0 saturated heterocycles. The molecule has 0 bridgehead atoms. The van der Waals surface area contributed by atoms with Crippen molar-refractivity contribution >= 4 is 5.69 Å². The molecular formula is C14H25N3. The summed E-state index contributed by atoms with van der Waals surface area (Å²) >= 11 is 0. The maximum atomic E-state index is 5.62. The van der Waals surface area contributed by atoms with Gasteiger partial charge in [-0.1, -0.05) is 27.2 Å². The number of hydrogen-bond donors (Lipinski definition) is 1. The van der Waals surface area contributed by atoms with E-state index in [1.165, 1.54) is 13.0 Å². The molecule has 0 fully saturated rings. The minimum absolute atomic E-state index is 0.737. The summed E-state index contributed by atoms with van der Waals surface area (Å²) in [5.41, 5.74) is 7.48. The largest absolute Gasteiger partial charge is 0.397 e.